The molecular weight excluding hydrogens is 286 g/mol. The summed E-state index contributed by atoms with van der Waals surface area (Å²) in [6.07, 6.45) is 1.95. The lowest BCUT2D eigenvalue weighted by Crippen LogP contribution is -2.34. The molecule has 1 aliphatic heterocycles. The van der Waals surface area contributed by atoms with Crippen LogP contribution in [-0.2, 0) is 6.61 Å². The van der Waals surface area contributed by atoms with E-state index in [1.165, 1.54) is 0 Å². The molecule has 2 aromatic rings. The van der Waals surface area contributed by atoms with Gasteiger partial charge in [-0.3, -0.25) is 0 Å². The smallest absolute Gasteiger partial charge is 0.129 e. The van der Waals surface area contributed by atoms with E-state index >= 15 is 0 Å². The van der Waals surface area contributed by atoms with E-state index < -0.39 is 6.10 Å². The number of ether oxygens (including phenoxy) is 2. The molecule has 4 nitrogen and oxygen atoms in total. The number of fused-ring (bicyclic) bond motifs is 1. The highest BCUT2D eigenvalue weighted by molar-refractivity contribution is 7.11. The van der Waals surface area contributed by atoms with E-state index in [1.54, 1.807) is 11.3 Å². The van der Waals surface area contributed by atoms with Gasteiger partial charge < -0.3 is 14.6 Å². The molecule has 0 radical (unpaired) electrons. The van der Waals surface area contributed by atoms with Gasteiger partial charge in [-0.2, -0.15) is 0 Å². The minimum Gasteiger partial charge on any atom is -0.488 e. The Kier molecular flexibility index (Phi) is 3.63. The maximum absolute atomic E-state index is 10.2. The molecule has 1 aromatic heterocycles. The molecular formula is C16H19NO3S. The van der Waals surface area contributed by atoms with Crippen LogP contribution in [0.2, 0.25) is 0 Å². The van der Waals surface area contributed by atoms with Crippen LogP contribution in [0.5, 0.6) is 11.5 Å². The number of rotatable bonds is 3. The third-order valence-corrected chi connectivity index (χ3v) is 4.35. The van der Waals surface area contributed by atoms with Gasteiger partial charge in [-0.1, -0.05) is 0 Å². The highest BCUT2D eigenvalue weighted by atomic mass is 32.1. The average Bonchev–Trinajstić information content (AvgIpc) is 2.80. The van der Waals surface area contributed by atoms with Crippen molar-refractivity contribution >= 4 is 11.3 Å². The molecule has 0 fully saturated rings. The summed E-state index contributed by atoms with van der Waals surface area (Å²) in [4.78, 5) is 5.30. The van der Waals surface area contributed by atoms with Crippen molar-refractivity contribution in [2.24, 2.45) is 0 Å². The molecule has 1 aromatic carbocycles. The number of aromatic nitrogens is 1. The molecule has 5 heteroatoms. The first-order chi connectivity index (χ1) is 9.93. The van der Waals surface area contributed by atoms with Crippen LogP contribution in [-0.4, -0.2) is 15.7 Å². The quantitative estimate of drug-likeness (QED) is 0.941. The monoisotopic (exact) mass is 305 g/mol. The van der Waals surface area contributed by atoms with E-state index in [1.807, 2.05) is 45.2 Å². The lowest BCUT2D eigenvalue weighted by Gasteiger charge is -2.35. The Bertz CT molecular complexity index is 651. The first kappa shape index (κ1) is 14.4. The van der Waals surface area contributed by atoms with Crippen molar-refractivity contribution in [1.29, 1.82) is 0 Å². The van der Waals surface area contributed by atoms with E-state index in [0.29, 0.717) is 18.8 Å². The molecule has 0 saturated carbocycles. The Morgan fingerprint density at radius 3 is 3.00 bits per heavy atom. The average molecular weight is 305 g/mol. The van der Waals surface area contributed by atoms with Crippen LogP contribution in [0.3, 0.4) is 0 Å². The lowest BCUT2D eigenvalue weighted by molar-refractivity contribution is 0.0113. The minimum absolute atomic E-state index is 0.361. The van der Waals surface area contributed by atoms with Crippen molar-refractivity contribution in [3.63, 3.8) is 0 Å². The van der Waals surface area contributed by atoms with Gasteiger partial charge in [-0.25, -0.2) is 4.98 Å². The van der Waals surface area contributed by atoms with Gasteiger partial charge in [0.05, 0.1) is 16.0 Å². The molecule has 3 rings (SSSR count). The zero-order valence-electron chi connectivity index (χ0n) is 12.4. The van der Waals surface area contributed by atoms with E-state index in [2.05, 4.69) is 4.98 Å². The fraction of sp³-hybridized carbons (Fsp3) is 0.438. The summed E-state index contributed by atoms with van der Waals surface area (Å²) in [5.74, 6) is 1.45. The second kappa shape index (κ2) is 5.31. The van der Waals surface area contributed by atoms with Gasteiger partial charge in [0, 0.05) is 24.2 Å². The number of benzene rings is 1. The summed E-state index contributed by atoms with van der Waals surface area (Å²) < 4.78 is 11.7. The van der Waals surface area contributed by atoms with Crippen LogP contribution in [0.25, 0.3) is 0 Å². The van der Waals surface area contributed by atoms with Crippen molar-refractivity contribution in [2.45, 2.75) is 45.5 Å². The Balaban J connectivity index is 1.76. The minimum atomic E-state index is -0.484. The van der Waals surface area contributed by atoms with Crippen molar-refractivity contribution in [3.05, 3.63) is 39.8 Å². The van der Waals surface area contributed by atoms with Crippen LogP contribution < -0.4 is 9.47 Å². The summed E-state index contributed by atoms with van der Waals surface area (Å²) in [7, 11) is 0. The second-order valence-electron chi connectivity index (χ2n) is 5.92. The van der Waals surface area contributed by atoms with Crippen molar-refractivity contribution in [1.82, 2.24) is 4.98 Å². The highest BCUT2D eigenvalue weighted by Crippen LogP contribution is 2.41. The predicted octanol–water partition coefficient (Wildman–Crippen LogP) is 3.63. The van der Waals surface area contributed by atoms with E-state index in [-0.39, 0.29) is 5.60 Å². The van der Waals surface area contributed by atoms with E-state index in [0.717, 1.165) is 21.2 Å². The number of hydrogen-bond acceptors (Lipinski definition) is 5. The number of hydrogen-bond donors (Lipinski definition) is 1. The maximum atomic E-state index is 10.2. The van der Waals surface area contributed by atoms with Crippen molar-refractivity contribution < 1.29 is 14.6 Å². The molecule has 0 bridgehead atoms. The number of aliphatic hydroxyl groups is 1. The molecule has 112 valence electrons. The molecule has 1 unspecified atom stereocenters. The van der Waals surface area contributed by atoms with Crippen LogP contribution >= 0.6 is 11.3 Å². The van der Waals surface area contributed by atoms with E-state index in [4.69, 9.17) is 9.47 Å². The molecule has 1 atom stereocenters. The van der Waals surface area contributed by atoms with Crippen LogP contribution in [0, 0.1) is 6.92 Å². The molecule has 0 spiro atoms. The molecule has 21 heavy (non-hydrogen) atoms. The fourth-order valence-corrected chi connectivity index (χ4v) is 3.22. The second-order valence-corrected chi connectivity index (χ2v) is 7.23. The molecule has 1 aliphatic rings. The lowest BCUT2D eigenvalue weighted by atomic mass is 9.92. The normalized spacial score (nSPS) is 19.7. The summed E-state index contributed by atoms with van der Waals surface area (Å²) in [6.45, 7) is 6.43. The molecule has 1 N–H and O–H groups in total. The summed E-state index contributed by atoms with van der Waals surface area (Å²) in [6, 6.07) is 5.60. The topological polar surface area (TPSA) is 51.6 Å². The number of thiazole rings is 1. The zero-order chi connectivity index (χ0) is 15.0. The SMILES string of the molecule is Cc1ncc(COc2ccc3c(c2)OC(C)(C)CC3O)s1. The summed E-state index contributed by atoms with van der Waals surface area (Å²) in [5, 5.41) is 11.2. The van der Waals surface area contributed by atoms with E-state index in [9.17, 15) is 5.11 Å². The molecule has 0 amide bonds. The summed E-state index contributed by atoms with van der Waals surface area (Å²) in [5.41, 5.74) is 0.468. The number of nitrogens with zero attached hydrogens (tertiary/aromatic N) is 1. The van der Waals surface area contributed by atoms with Crippen LogP contribution in [0.4, 0.5) is 0 Å². The number of aliphatic hydroxyl groups excluding tert-OH is 1. The first-order valence-corrected chi connectivity index (χ1v) is 7.80. The first-order valence-electron chi connectivity index (χ1n) is 6.98. The van der Waals surface area contributed by atoms with Gasteiger partial charge in [-0.15, -0.1) is 11.3 Å². The predicted molar refractivity (Wildman–Crippen MR) is 81.9 cm³/mol. The Morgan fingerprint density at radius 1 is 1.48 bits per heavy atom. The van der Waals surface area contributed by atoms with Crippen LogP contribution in [0.15, 0.2) is 24.4 Å². The van der Waals surface area contributed by atoms with Gasteiger partial charge >= 0.3 is 0 Å². The maximum Gasteiger partial charge on any atom is 0.129 e. The third kappa shape index (κ3) is 3.19. The van der Waals surface area contributed by atoms with Gasteiger partial charge in [0.15, 0.2) is 0 Å². The third-order valence-electron chi connectivity index (χ3n) is 3.47. The van der Waals surface area contributed by atoms with Crippen molar-refractivity contribution in [2.75, 3.05) is 0 Å². The Hall–Kier alpha value is -1.59. The number of aryl methyl sites for hydroxylation is 1. The Morgan fingerprint density at radius 2 is 2.29 bits per heavy atom. The van der Waals surface area contributed by atoms with Gasteiger partial charge in [-0.05, 0) is 32.9 Å². The largest absolute Gasteiger partial charge is 0.488 e. The van der Waals surface area contributed by atoms with Gasteiger partial charge in [0.2, 0.25) is 0 Å². The molecule has 0 aliphatic carbocycles. The van der Waals surface area contributed by atoms with Crippen molar-refractivity contribution in [3.8, 4) is 11.5 Å². The summed E-state index contributed by atoms with van der Waals surface area (Å²) >= 11 is 1.63. The zero-order valence-corrected chi connectivity index (χ0v) is 13.2. The Labute approximate surface area is 128 Å². The standard InChI is InChI=1S/C16H19NO3S/c1-10-17-8-12(21-10)9-19-11-4-5-13-14(18)7-16(2,3)20-15(13)6-11/h4-6,8,14,18H,7,9H2,1-3H3. The highest BCUT2D eigenvalue weighted by Gasteiger charge is 2.32. The fourth-order valence-electron chi connectivity index (χ4n) is 2.51. The van der Waals surface area contributed by atoms with Gasteiger partial charge in [0.25, 0.3) is 0 Å². The molecule has 0 saturated heterocycles. The van der Waals surface area contributed by atoms with Gasteiger partial charge in [0.1, 0.15) is 23.7 Å². The van der Waals surface area contributed by atoms with Crippen LogP contribution in [0.1, 0.15) is 41.8 Å². The molecule has 2 heterocycles.